The first-order chi connectivity index (χ1) is 8.67. The molecule has 104 valence electrons. The first-order valence-electron chi connectivity index (χ1n) is 7.38. The van der Waals surface area contributed by atoms with Crippen molar-refractivity contribution >= 4 is 5.91 Å². The van der Waals surface area contributed by atoms with Crippen molar-refractivity contribution in [2.45, 2.75) is 70.1 Å². The van der Waals surface area contributed by atoms with Gasteiger partial charge in [0.25, 0.3) is 0 Å². The molecule has 0 aromatic rings. The Morgan fingerprint density at radius 2 is 2.06 bits per heavy atom. The van der Waals surface area contributed by atoms with Gasteiger partial charge in [0.1, 0.15) is 0 Å². The van der Waals surface area contributed by atoms with Crippen molar-refractivity contribution in [2.24, 2.45) is 5.92 Å². The van der Waals surface area contributed by atoms with Crippen LogP contribution in [0.2, 0.25) is 0 Å². The first kappa shape index (κ1) is 13.8. The quantitative estimate of drug-likeness (QED) is 0.667. The second kappa shape index (κ2) is 6.53. The van der Waals surface area contributed by atoms with Gasteiger partial charge in [-0.15, -0.1) is 0 Å². The summed E-state index contributed by atoms with van der Waals surface area (Å²) in [4.78, 5) is 11.8. The molecule has 3 N–H and O–H groups in total. The van der Waals surface area contributed by atoms with E-state index in [0.29, 0.717) is 31.0 Å². The highest BCUT2D eigenvalue weighted by Gasteiger charge is 2.34. The highest BCUT2D eigenvalue weighted by molar-refractivity contribution is 5.76. The standard InChI is InChI=1S/C14H26N2O2/c1-2-3-13(17)9-15-14(18)8-10-6-11-4-5-12(7-10)16-11/h10-13,16-17H,2-9H2,1H3,(H,15,18). The highest BCUT2D eigenvalue weighted by atomic mass is 16.3. The van der Waals surface area contributed by atoms with Crippen LogP contribution in [0.15, 0.2) is 0 Å². The molecule has 18 heavy (non-hydrogen) atoms. The normalized spacial score (nSPS) is 32.2. The van der Waals surface area contributed by atoms with E-state index in [9.17, 15) is 9.90 Å². The van der Waals surface area contributed by atoms with Crippen molar-refractivity contribution in [3.63, 3.8) is 0 Å². The summed E-state index contributed by atoms with van der Waals surface area (Å²) in [5, 5.41) is 16.0. The zero-order chi connectivity index (χ0) is 13.0. The van der Waals surface area contributed by atoms with Crippen LogP contribution in [0.25, 0.3) is 0 Å². The van der Waals surface area contributed by atoms with Gasteiger partial charge < -0.3 is 15.7 Å². The molecule has 3 unspecified atom stereocenters. The molecule has 1 amide bonds. The Hall–Kier alpha value is -0.610. The van der Waals surface area contributed by atoms with Crippen LogP contribution >= 0.6 is 0 Å². The van der Waals surface area contributed by atoms with Gasteiger partial charge in [0.15, 0.2) is 0 Å². The van der Waals surface area contributed by atoms with Crippen molar-refractivity contribution in [3.05, 3.63) is 0 Å². The van der Waals surface area contributed by atoms with Crippen molar-refractivity contribution in [3.8, 4) is 0 Å². The first-order valence-corrected chi connectivity index (χ1v) is 7.38. The fourth-order valence-corrected chi connectivity index (χ4v) is 3.34. The summed E-state index contributed by atoms with van der Waals surface area (Å²) in [6, 6.07) is 1.29. The predicted octanol–water partition coefficient (Wildman–Crippen LogP) is 1.18. The summed E-state index contributed by atoms with van der Waals surface area (Å²) in [5.41, 5.74) is 0. The zero-order valence-electron chi connectivity index (χ0n) is 11.3. The molecule has 0 aromatic heterocycles. The molecule has 2 heterocycles. The van der Waals surface area contributed by atoms with Crippen LogP contribution in [0.1, 0.15) is 51.9 Å². The van der Waals surface area contributed by atoms with Crippen molar-refractivity contribution in [1.29, 1.82) is 0 Å². The number of aliphatic hydroxyl groups excluding tert-OH is 1. The van der Waals surface area contributed by atoms with E-state index in [4.69, 9.17) is 0 Å². The van der Waals surface area contributed by atoms with E-state index in [1.54, 1.807) is 0 Å². The lowest BCUT2D eigenvalue weighted by Crippen LogP contribution is -2.40. The fourth-order valence-electron chi connectivity index (χ4n) is 3.34. The van der Waals surface area contributed by atoms with Crippen LogP contribution in [-0.2, 0) is 4.79 Å². The Morgan fingerprint density at radius 1 is 1.39 bits per heavy atom. The van der Waals surface area contributed by atoms with Crippen molar-refractivity contribution in [2.75, 3.05) is 6.54 Å². The van der Waals surface area contributed by atoms with Crippen LogP contribution in [0.5, 0.6) is 0 Å². The van der Waals surface area contributed by atoms with E-state index >= 15 is 0 Å². The van der Waals surface area contributed by atoms with E-state index in [1.807, 2.05) is 6.92 Å². The average molecular weight is 254 g/mol. The third-order valence-electron chi connectivity index (χ3n) is 4.20. The summed E-state index contributed by atoms with van der Waals surface area (Å²) in [6.45, 7) is 2.44. The molecule has 0 aromatic carbocycles. The van der Waals surface area contributed by atoms with Gasteiger partial charge in [-0.1, -0.05) is 13.3 Å². The summed E-state index contributed by atoms with van der Waals surface area (Å²) in [5.74, 6) is 0.642. The van der Waals surface area contributed by atoms with E-state index in [1.165, 1.54) is 12.8 Å². The van der Waals surface area contributed by atoms with Crippen LogP contribution in [0.3, 0.4) is 0 Å². The van der Waals surface area contributed by atoms with Gasteiger partial charge in [0.2, 0.25) is 5.91 Å². The van der Waals surface area contributed by atoms with Gasteiger partial charge in [-0.2, -0.15) is 0 Å². The summed E-state index contributed by atoms with van der Waals surface area (Å²) in [7, 11) is 0. The topological polar surface area (TPSA) is 61.4 Å². The van der Waals surface area contributed by atoms with Gasteiger partial charge >= 0.3 is 0 Å². The number of piperidine rings is 1. The number of aliphatic hydroxyl groups is 1. The smallest absolute Gasteiger partial charge is 0.220 e. The van der Waals surface area contributed by atoms with Crippen molar-refractivity contribution in [1.82, 2.24) is 10.6 Å². The second-order valence-corrected chi connectivity index (χ2v) is 5.93. The van der Waals surface area contributed by atoms with Gasteiger partial charge in [0.05, 0.1) is 6.10 Å². The minimum atomic E-state index is -0.386. The Kier molecular flexibility index (Phi) is 5.01. The van der Waals surface area contributed by atoms with Gasteiger partial charge in [-0.05, 0) is 38.0 Å². The van der Waals surface area contributed by atoms with Crippen molar-refractivity contribution < 1.29 is 9.90 Å². The van der Waals surface area contributed by atoms with Crippen LogP contribution in [0.4, 0.5) is 0 Å². The molecule has 0 aliphatic carbocycles. The molecule has 2 bridgehead atoms. The molecule has 2 aliphatic rings. The lowest BCUT2D eigenvalue weighted by molar-refractivity contribution is -0.122. The van der Waals surface area contributed by atoms with E-state index in [2.05, 4.69) is 10.6 Å². The van der Waals surface area contributed by atoms with Crippen LogP contribution < -0.4 is 10.6 Å². The van der Waals surface area contributed by atoms with E-state index in [-0.39, 0.29) is 12.0 Å². The molecule has 0 radical (unpaired) electrons. The highest BCUT2D eigenvalue weighted by Crippen LogP contribution is 2.32. The minimum absolute atomic E-state index is 0.108. The van der Waals surface area contributed by atoms with E-state index < -0.39 is 0 Å². The molecule has 2 rings (SSSR count). The van der Waals surface area contributed by atoms with Gasteiger partial charge in [-0.25, -0.2) is 0 Å². The molecule has 3 atom stereocenters. The molecular formula is C14H26N2O2. The third kappa shape index (κ3) is 3.95. The number of hydrogen-bond donors (Lipinski definition) is 3. The SMILES string of the molecule is CCCC(O)CNC(=O)CC1CC2CCC(C1)N2. The molecule has 2 fully saturated rings. The molecule has 2 saturated heterocycles. The fraction of sp³-hybridized carbons (Fsp3) is 0.929. The molecule has 0 saturated carbocycles. The Morgan fingerprint density at radius 3 is 2.67 bits per heavy atom. The number of hydrogen-bond acceptors (Lipinski definition) is 3. The maximum absolute atomic E-state index is 11.8. The lowest BCUT2D eigenvalue weighted by Gasteiger charge is -2.28. The van der Waals surface area contributed by atoms with E-state index in [0.717, 1.165) is 25.7 Å². The average Bonchev–Trinajstić information content (AvgIpc) is 2.67. The summed E-state index contributed by atoms with van der Waals surface area (Å²) >= 11 is 0. The number of carbonyl (C=O) groups excluding carboxylic acids is 1. The van der Waals surface area contributed by atoms with Gasteiger partial charge in [0, 0.05) is 25.0 Å². The van der Waals surface area contributed by atoms with Gasteiger partial charge in [-0.3, -0.25) is 4.79 Å². The van der Waals surface area contributed by atoms with Crippen LogP contribution in [-0.4, -0.2) is 35.7 Å². The molecule has 2 aliphatic heterocycles. The number of fused-ring (bicyclic) bond motifs is 2. The number of rotatable bonds is 6. The molecular weight excluding hydrogens is 228 g/mol. The molecule has 0 spiro atoms. The maximum Gasteiger partial charge on any atom is 0.220 e. The lowest BCUT2D eigenvalue weighted by atomic mass is 9.89. The maximum atomic E-state index is 11.8. The monoisotopic (exact) mass is 254 g/mol. The second-order valence-electron chi connectivity index (χ2n) is 5.93. The Bertz CT molecular complexity index is 271. The molecule has 4 nitrogen and oxygen atoms in total. The molecule has 4 heteroatoms. The minimum Gasteiger partial charge on any atom is -0.391 e. The number of nitrogens with one attached hydrogen (secondary N) is 2. The summed E-state index contributed by atoms with van der Waals surface area (Å²) < 4.78 is 0. The number of carbonyl (C=O) groups is 1. The Labute approximate surface area is 110 Å². The number of amides is 1. The zero-order valence-corrected chi connectivity index (χ0v) is 11.3. The third-order valence-corrected chi connectivity index (χ3v) is 4.20. The summed E-state index contributed by atoms with van der Waals surface area (Å²) in [6.07, 6.45) is 6.79. The predicted molar refractivity (Wildman–Crippen MR) is 71.2 cm³/mol. The van der Waals surface area contributed by atoms with Crippen LogP contribution in [0, 0.1) is 5.92 Å². The largest absolute Gasteiger partial charge is 0.391 e. The Balaban J connectivity index is 1.65.